The van der Waals surface area contributed by atoms with Gasteiger partial charge in [-0.25, -0.2) is 0 Å². The molecule has 0 unspecified atom stereocenters. The number of hydrogen-bond donors (Lipinski definition) is 0. The molecular weight excluding hydrogens is 406 g/mol. The van der Waals surface area contributed by atoms with Crippen LogP contribution < -0.4 is 25.6 Å². The monoisotopic (exact) mass is 431 g/mol. The van der Waals surface area contributed by atoms with Crippen LogP contribution >= 0.6 is 11.6 Å². The van der Waals surface area contributed by atoms with E-state index < -0.39 is 10.9 Å². The summed E-state index contributed by atoms with van der Waals surface area (Å²) in [5.74, 6) is -0.479. The van der Waals surface area contributed by atoms with E-state index in [1.165, 1.54) is 0 Å². The lowest BCUT2D eigenvalue weighted by Crippen LogP contribution is -2.54. The Morgan fingerprint density at radius 2 is 1.70 bits per heavy atom. The average Bonchev–Trinajstić information content (AvgIpc) is 2.77. The molecule has 0 bridgehead atoms. The molecule has 2 saturated heterocycles. The lowest BCUT2D eigenvalue weighted by atomic mass is 9.96. The molecule has 1 atom stereocenters. The summed E-state index contributed by atoms with van der Waals surface area (Å²) in [5.41, 5.74) is 1.19. The summed E-state index contributed by atoms with van der Waals surface area (Å²) >= 11 is 6.10. The van der Waals surface area contributed by atoms with Gasteiger partial charge in [-0.05, 0) is 38.0 Å². The number of esters is 1. The fourth-order valence-corrected chi connectivity index (χ4v) is 4.63. The lowest BCUT2D eigenvalue weighted by Gasteiger charge is -2.41. The Morgan fingerprint density at radius 3 is 2.37 bits per heavy atom. The van der Waals surface area contributed by atoms with Gasteiger partial charge in [-0.3, -0.25) is 14.4 Å². The lowest BCUT2D eigenvalue weighted by molar-refractivity contribution is -0.148. The van der Waals surface area contributed by atoms with Crippen molar-refractivity contribution >= 4 is 34.6 Å². The zero-order chi connectivity index (χ0) is 21.3. The van der Waals surface area contributed by atoms with Gasteiger partial charge in [0, 0.05) is 50.0 Å². The predicted molar refractivity (Wildman–Crippen MR) is 119 cm³/mol. The highest BCUT2D eigenvalue weighted by molar-refractivity contribution is 6.30. The molecule has 0 spiro atoms. The molecule has 2 heterocycles. The van der Waals surface area contributed by atoms with Gasteiger partial charge in [-0.1, -0.05) is 17.7 Å². The molecule has 2 aliphatic rings. The van der Waals surface area contributed by atoms with E-state index in [-0.39, 0.29) is 11.9 Å². The standard InChI is InChI=1S/C22H26ClN3O4/c1-2-30-22(29)15-5-4-8-26(14-15)19-18(20(27)21(19)28)25-11-9-24(10-12-25)17-7-3-6-16(23)13-17/h3,6-7,13,15H,2,4-5,8-12,14H2,1H3/t15-/m0/s1. The number of piperidine rings is 1. The number of piperazine rings is 1. The first-order valence-electron chi connectivity index (χ1n) is 10.5. The Kier molecular flexibility index (Phi) is 5.99. The van der Waals surface area contributed by atoms with E-state index in [2.05, 4.69) is 4.90 Å². The summed E-state index contributed by atoms with van der Waals surface area (Å²) in [5, 5.41) is 0.695. The second-order valence-corrected chi connectivity index (χ2v) is 8.28. The Morgan fingerprint density at radius 1 is 1.03 bits per heavy atom. The maximum Gasteiger partial charge on any atom is 0.310 e. The number of hydrogen-bond acceptors (Lipinski definition) is 7. The van der Waals surface area contributed by atoms with Gasteiger partial charge in [0.25, 0.3) is 10.9 Å². The SMILES string of the molecule is CCOC(=O)[C@H]1CCCN(c2c(N3CCN(c4cccc(Cl)c4)CC3)c(=O)c2=O)C1. The van der Waals surface area contributed by atoms with Gasteiger partial charge in [0.05, 0.1) is 12.5 Å². The van der Waals surface area contributed by atoms with Crippen molar-refractivity contribution < 1.29 is 9.53 Å². The molecule has 30 heavy (non-hydrogen) atoms. The Hall–Kier alpha value is -2.54. The van der Waals surface area contributed by atoms with Crippen LogP contribution in [-0.2, 0) is 9.53 Å². The highest BCUT2D eigenvalue weighted by Gasteiger charge is 2.35. The smallest absolute Gasteiger partial charge is 0.310 e. The predicted octanol–water partition coefficient (Wildman–Crippen LogP) is 2.04. The van der Waals surface area contributed by atoms with Crippen molar-refractivity contribution in [2.45, 2.75) is 19.8 Å². The second-order valence-electron chi connectivity index (χ2n) is 7.85. The molecule has 0 N–H and O–H groups in total. The fraction of sp³-hybridized carbons (Fsp3) is 0.500. The third kappa shape index (κ3) is 3.90. The van der Waals surface area contributed by atoms with Crippen molar-refractivity contribution in [2.75, 3.05) is 60.6 Å². The molecule has 2 aromatic carbocycles. The topological polar surface area (TPSA) is 70.2 Å². The first-order chi connectivity index (χ1) is 14.5. The number of carbonyl (C=O) groups is 1. The molecule has 0 amide bonds. The number of halogens is 1. The molecule has 0 radical (unpaired) electrons. The Balaban J connectivity index is 1.47. The summed E-state index contributed by atoms with van der Waals surface area (Å²) in [7, 11) is 0. The molecular formula is C22H26ClN3O4. The highest BCUT2D eigenvalue weighted by Crippen LogP contribution is 2.30. The van der Waals surface area contributed by atoms with Gasteiger partial charge in [0.1, 0.15) is 11.4 Å². The molecule has 0 saturated carbocycles. The third-order valence-corrected chi connectivity index (χ3v) is 6.22. The van der Waals surface area contributed by atoms with Crippen molar-refractivity contribution in [3.05, 3.63) is 49.7 Å². The maximum atomic E-state index is 12.4. The number of nitrogens with zero attached hydrogens (tertiary/aromatic N) is 3. The van der Waals surface area contributed by atoms with Gasteiger partial charge in [-0.15, -0.1) is 0 Å². The van der Waals surface area contributed by atoms with Crippen molar-refractivity contribution in [3.8, 4) is 0 Å². The van der Waals surface area contributed by atoms with Crippen LogP contribution in [0.1, 0.15) is 19.8 Å². The van der Waals surface area contributed by atoms with E-state index in [0.29, 0.717) is 49.2 Å². The largest absolute Gasteiger partial charge is 0.466 e. The molecule has 2 fully saturated rings. The quantitative estimate of drug-likeness (QED) is 0.530. The molecule has 2 aromatic rings. The summed E-state index contributed by atoms with van der Waals surface area (Å²) < 4.78 is 5.16. The van der Waals surface area contributed by atoms with Gasteiger partial charge in [0.15, 0.2) is 0 Å². The number of benzene rings is 1. The Labute approximate surface area is 180 Å². The second kappa shape index (κ2) is 8.68. The minimum absolute atomic E-state index is 0.224. The van der Waals surface area contributed by atoms with Gasteiger partial charge in [-0.2, -0.15) is 0 Å². The van der Waals surface area contributed by atoms with E-state index >= 15 is 0 Å². The molecule has 0 aromatic heterocycles. The molecule has 2 aliphatic heterocycles. The van der Waals surface area contributed by atoms with Crippen molar-refractivity contribution in [1.29, 1.82) is 0 Å². The maximum absolute atomic E-state index is 12.4. The summed E-state index contributed by atoms with van der Waals surface area (Å²) in [6, 6.07) is 7.73. The fourth-order valence-electron chi connectivity index (χ4n) is 4.45. The normalized spacial score (nSPS) is 19.9. The number of carbonyl (C=O) groups excluding carboxylic acids is 1. The van der Waals surface area contributed by atoms with Crippen LogP contribution in [0.3, 0.4) is 0 Å². The minimum atomic E-state index is -0.438. The van der Waals surface area contributed by atoms with Gasteiger partial charge in [0.2, 0.25) is 0 Å². The first-order valence-corrected chi connectivity index (χ1v) is 10.9. The van der Waals surface area contributed by atoms with Crippen LogP contribution in [0.2, 0.25) is 5.02 Å². The van der Waals surface area contributed by atoms with Crippen molar-refractivity contribution in [3.63, 3.8) is 0 Å². The minimum Gasteiger partial charge on any atom is -0.466 e. The number of anilines is 3. The summed E-state index contributed by atoms with van der Waals surface area (Å²) in [6.45, 7) is 6.02. The van der Waals surface area contributed by atoms with Crippen LogP contribution in [0.4, 0.5) is 17.1 Å². The average molecular weight is 432 g/mol. The van der Waals surface area contributed by atoms with Crippen LogP contribution in [-0.4, -0.2) is 51.8 Å². The molecule has 4 rings (SSSR count). The van der Waals surface area contributed by atoms with Crippen LogP contribution in [0.15, 0.2) is 33.9 Å². The highest BCUT2D eigenvalue weighted by atomic mass is 35.5. The van der Waals surface area contributed by atoms with E-state index in [0.717, 1.165) is 31.6 Å². The van der Waals surface area contributed by atoms with Gasteiger partial charge >= 0.3 is 5.97 Å². The summed E-state index contributed by atoms with van der Waals surface area (Å²) in [4.78, 5) is 43.2. The number of ether oxygens (including phenoxy) is 1. The van der Waals surface area contributed by atoms with E-state index in [1.54, 1.807) is 6.92 Å². The first kappa shape index (κ1) is 20.7. The van der Waals surface area contributed by atoms with E-state index in [1.807, 2.05) is 34.1 Å². The van der Waals surface area contributed by atoms with Gasteiger partial charge < -0.3 is 19.4 Å². The van der Waals surface area contributed by atoms with Crippen LogP contribution in [0.5, 0.6) is 0 Å². The zero-order valence-electron chi connectivity index (χ0n) is 17.1. The van der Waals surface area contributed by atoms with Crippen LogP contribution in [0.25, 0.3) is 0 Å². The molecule has 160 valence electrons. The zero-order valence-corrected chi connectivity index (χ0v) is 17.9. The Bertz CT molecular complexity index is 993. The third-order valence-electron chi connectivity index (χ3n) is 5.99. The van der Waals surface area contributed by atoms with Crippen LogP contribution in [0, 0.1) is 5.92 Å². The van der Waals surface area contributed by atoms with E-state index in [9.17, 15) is 14.4 Å². The van der Waals surface area contributed by atoms with Crippen molar-refractivity contribution in [2.24, 2.45) is 5.92 Å². The van der Waals surface area contributed by atoms with Crippen molar-refractivity contribution in [1.82, 2.24) is 0 Å². The number of rotatable bonds is 5. The molecule has 0 aliphatic carbocycles. The molecule has 7 nitrogen and oxygen atoms in total. The molecule has 8 heteroatoms. The van der Waals surface area contributed by atoms with E-state index in [4.69, 9.17) is 16.3 Å². The summed E-state index contributed by atoms with van der Waals surface area (Å²) in [6.07, 6.45) is 1.54.